The molecule has 4 heteroatoms. The van der Waals surface area contributed by atoms with E-state index in [0.717, 1.165) is 19.3 Å². The number of carbonyl (C=O) groups excluding carboxylic acids is 1. The Morgan fingerprint density at radius 3 is 2.39 bits per heavy atom. The maximum atomic E-state index is 11.8. The number of ether oxygens (including phenoxy) is 2. The van der Waals surface area contributed by atoms with Crippen LogP contribution >= 0.6 is 0 Å². The molecule has 2 rings (SSSR count). The topological polar surface area (TPSA) is 47.6 Å². The number of rotatable bonds is 9. The second-order valence-electron chi connectivity index (χ2n) is 5.23. The van der Waals surface area contributed by atoms with Crippen molar-refractivity contribution in [2.24, 2.45) is 0 Å². The van der Waals surface area contributed by atoms with E-state index in [1.54, 1.807) is 19.2 Å². The molecule has 2 aromatic rings. The third kappa shape index (κ3) is 6.02. The standard InChI is InChI=1S/C19H23NO3/c1-22-17-12-5-6-13-18(17)23-15-19(21)20-14-8-7-11-16-9-3-2-4-10-16/h2-6,9-10,12-13H,7-8,11,14-15H2,1H3,(H,20,21). The van der Waals surface area contributed by atoms with E-state index in [1.807, 2.05) is 30.3 Å². The number of aryl methyl sites for hydroxylation is 1. The number of nitrogens with one attached hydrogen (secondary N) is 1. The molecular formula is C19H23NO3. The second kappa shape index (κ2) is 9.51. The fourth-order valence-corrected chi connectivity index (χ4v) is 2.26. The van der Waals surface area contributed by atoms with Crippen LogP contribution in [-0.2, 0) is 11.2 Å². The normalized spacial score (nSPS) is 10.1. The average molecular weight is 313 g/mol. The largest absolute Gasteiger partial charge is 0.493 e. The van der Waals surface area contributed by atoms with Crippen LogP contribution in [0.3, 0.4) is 0 Å². The lowest BCUT2D eigenvalue weighted by molar-refractivity contribution is -0.123. The third-order valence-corrected chi connectivity index (χ3v) is 3.49. The molecule has 0 spiro atoms. The highest BCUT2D eigenvalue weighted by atomic mass is 16.5. The van der Waals surface area contributed by atoms with E-state index in [9.17, 15) is 4.79 Å². The van der Waals surface area contributed by atoms with Gasteiger partial charge in [0.15, 0.2) is 18.1 Å². The Bertz CT molecular complexity index is 599. The summed E-state index contributed by atoms with van der Waals surface area (Å²) >= 11 is 0. The Morgan fingerprint density at radius 1 is 0.957 bits per heavy atom. The molecule has 1 amide bonds. The van der Waals surface area contributed by atoms with Gasteiger partial charge in [-0.05, 0) is 37.0 Å². The first kappa shape index (κ1) is 16.9. The van der Waals surface area contributed by atoms with E-state index in [1.165, 1.54) is 5.56 Å². The van der Waals surface area contributed by atoms with Crippen molar-refractivity contribution in [1.29, 1.82) is 0 Å². The van der Waals surface area contributed by atoms with Gasteiger partial charge in [0.05, 0.1) is 7.11 Å². The van der Waals surface area contributed by atoms with Gasteiger partial charge < -0.3 is 14.8 Å². The van der Waals surface area contributed by atoms with Crippen molar-refractivity contribution in [2.75, 3.05) is 20.3 Å². The first-order valence-electron chi connectivity index (χ1n) is 7.86. The molecule has 0 aliphatic heterocycles. The minimum absolute atomic E-state index is 0.000934. The molecule has 122 valence electrons. The predicted octanol–water partition coefficient (Wildman–Crippen LogP) is 3.21. The summed E-state index contributed by atoms with van der Waals surface area (Å²) in [6.07, 6.45) is 3.04. The molecule has 0 aromatic heterocycles. The molecule has 0 atom stereocenters. The second-order valence-corrected chi connectivity index (χ2v) is 5.23. The first-order valence-corrected chi connectivity index (χ1v) is 7.86. The fraction of sp³-hybridized carbons (Fsp3) is 0.316. The van der Waals surface area contributed by atoms with Crippen LogP contribution in [0.25, 0.3) is 0 Å². The van der Waals surface area contributed by atoms with Gasteiger partial charge in [-0.25, -0.2) is 0 Å². The molecule has 0 bridgehead atoms. The zero-order valence-corrected chi connectivity index (χ0v) is 13.5. The molecule has 0 saturated carbocycles. The van der Waals surface area contributed by atoms with Crippen LogP contribution in [0.4, 0.5) is 0 Å². The predicted molar refractivity (Wildman–Crippen MR) is 90.9 cm³/mol. The summed E-state index contributed by atoms with van der Waals surface area (Å²) in [7, 11) is 1.58. The van der Waals surface area contributed by atoms with Gasteiger partial charge in [0.2, 0.25) is 0 Å². The highest BCUT2D eigenvalue weighted by molar-refractivity contribution is 5.77. The highest BCUT2D eigenvalue weighted by Crippen LogP contribution is 2.25. The lowest BCUT2D eigenvalue weighted by Gasteiger charge is -2.10. The van der Waals surface area contributed by atoms with Crippen molar-refractivity contribution >= 4 is 5.91 Å². The maximum absolute atomic E-state index is 11.8. The smallest absolute Gasteiger partial charge is 0.257 e. The molecule has 0 fully saturated rings. The van der Waals surface area contributed by atoms with Gasteiger partial charge in [-0.1, -0.05) is 42.5 Å². The van der Waals surface area contributed by atoms with Crippen LogP contribution in [0.5, 0.6) is 11.5 Å². The Labute approximate surface area is 137 Å². The molecule has 0 aliphatic rings. The number of hydrogen-bond acceptors (Lipinski definition) is 3. The Kier molecular flexibility index (Phi) is 6.98. The minimum Gasteiger partial charge on any atom is -0.493 e. The van der Waals surface area contributed by atoms with Crippen LogP contribution in [0, 0.1) is 0 Å². The summed E-state index contributed by atoms with van der Waals surface area (Å²) in [6.45, 7) is 0.667. The molecule has 0 radical (unpaired) electrons. The average Bonchev–Trinajstić information content (AvgIpc) is 2.60. The minimum atomic E-state index is -0.115. The van der Waals surface area contributed by atoms with Crippen LogP contribution in [0.2, 0.25) is 0 Å². The van der Waals surface area contributed by atoms with E-state index in [-0.39, 0.29) is 12.5 Å². The SMILES string of the molecule is COc1ccccc1OCC(=O)NCCCCc1ccccc1. The highest BCUT2D eigenvalue weighted by Gasteiger charge is 2.06. The van der Waals surface area contributed by atoms with E-state index in [2.05, 4.69) is 17.4 Å². The van der Waals surface area contributed by atoms with Crippen molar-refractivity contribution in [3.8, 4) is 11.5 Å². The lowest BCUT2D eigenvalue weighted by atomic mass is 10.1. The number of hydrogen-bond donors (Lipinski definition) is 1. The third-order valence-electron chi connectivity index (χ3n) is 3.49. The van der Waals surface area contributed by atoms with Crippen LogP contribution in [-0.4, -0.2) is 26.2 Å². The first-order chi connectivity index (χ1) is 11.3. The summed E-state index contributed by atoms with van der Waals surface area (Å²) in [4.78, 5) is 11.8. The molecule has 0 saturated heterocycles. The molecular weight excluding hydrogens is 290 g/mol. The number of methoxy groups -OCH3 is 1. The van der Waals surface area contributed by atoms with Crippen LogP contribution in [0.1, 0.15) is 18.4 Å². The molecule has 0 aliphatic carbocycles. The van der Waals surface area contributed by atoms with Crippen molar-refractivity contribution in [1.82, 2.24) is 5.32 Å². The van der Waals surface area contributed by atoms with Gasteiger partial charge in [0, 0.05) is 6.54 Å². The van der Waals surface area contributed by atoms with Crippen molar-refractivity contribution < 1.29 is 14.3 Å². The van der Waals surface area contributed by atoms with E-state index >= 15 is 0 Å². The van der Waals surface area contributed by atoms with E-state index < -0.39 is 0 Å². The molecule has 0 heterocycles. The Balaban J connectivity index is 1.60. The lowest BCUT2D eigenvalue weighted by Crippen LogP contribution is -2.29. The summed E-state index contributed by atoms with van der Waals surface area (Å²) in [5, 5.41) is 2.87. The summed E-state index contributed by atoms with van der Waals surface area (Å²) in [5.41, 5.74) is 1.33. The summed E-state index contributed by atoms with van der Waals surface area (Å²) in [6, 6.07) is 17.7. The van der Waals surface area contributed by atoms with Gasteiger partial charge in [-0.2, -0.15) is 0 Å². The molecule has 2 aromatic carbocycles. The summed E-state index contributed by atoms with van der Waals surface area (Å²) in [5.74, 6) is 1.09. The maximum Gasteiger partial charge on any atom is 0.257 e. The van der Waals surface area contributed by atoms with E-state index in [4.69, 9.17) is 9.47 Å². The monoisotopic (exact) mass is 313 g/mol. The van der Waals surface area contributed by atoms with Gasteiger partial charge in [-0.3, -0.25) is 4.79 Å². The Hall–Kier alpha value is -2.49. The molecule has 23 heavy (non-hydrogen) atoms. The van der Waals surface area contributed by atoms with Crippen LogP contribution < -0.4 is 14.8 Å². The molecule has 1 N–H and O–H groups in total. The van der Waals surface area contributed by atoms with Gasteiger partial charge >= 0.3 is 0 Å². The number of carbonyl (C=O) groups is 1. The zero-order chi connectivity index (χ0) is 16.3. The number of benzene rings is 2. The number of unbranched alkanes of at least 4 members (excludes halogenated alkanes) is 1. The van der Waals surface area contributed by atoms with Gasteiger partial charge in [-0.15, -0.1) is 0 Å². The number of amides is 1. The number of para-hydroxylation sites is 2. The molecule has 4 nitrogen and oxygen atoms in total. The van der Waals surface area contributed by atoms with Gasteiger partial charge in [0.1, 0.15) is 0 Å². The van der Waals surface area contributed by atoms with Gasteiger partial charge in [0.25, 0.3) is 5.91 Å². The van der Waals surface area contributed by atoms with Crippen molar-refractivity contribution in [3.05, 3.63) is 60.2 Å². The zero-order valence-electron chi connectivity index (χ0n) is 13.5. The van der Waals surface area contributed by atoms with Crippen LogP contribution in [0.15, 0.2) is 54.6 Å². The van der Waals surface area contributed by atoms with E-state index in [0.29, 0.717) is 18.0 Å². The fourth-order valence-electron chi connectivity index (χ4n) is 2.26. The molecule has 0 unspecified atom stereocenters. The Morgan fingerprint density at radius 2 is 1.65 bits per heavy atom. The van der Waals surface area contributed by atoms with Crippen molar-refractivity contribution in [2.45, 2.75) is 19.3 Å². The quantitative estimate of drug-likeness (QED) is 0.723. The summed E-state index contributed by atoms with van der Waals surface area (Å²) < 4.78 is 10.7. The van der Waals surface area contributed by atoms with Crippen molar-refractivity contribution in [3.63, 3.8) is 0 Å².